The van der Waals surface area contributed by atoms with E-state index in [-0.39, 0.29) is 16.6 Å². The van der Waals surface area contributed by atoms with E-state index < -0.39 is 27.0 Å². The van der Waals surface area contributed by atoms with Gasteiger partial charge in [-0.25, -0.2) is 13.1 Å². The Morgan fingerprint density at radius 2 is 1.84 bits per heavy atom. The number of nitrogens with zero attached hydrogens (tertiary/aromatic N) is 1. The number of likely N-dealkylation sites (N-methyl/N-ethyl adjacent to an activating group) is 1. The average molecular weight is 467 g/mol. The summed E-state index contributed by atoms with van der Waals surface area (Å²) in [5.41, 5.74) is -1.38. The van der Waals surface area contributed by atoms with Crippen molar-refractivity contribution in [2.75, 3.05) is 7.05 Å². The highest BCUT2D eigenvalue weighted by Crippen LogP contribution is 2.42. The highest BCUT2D eigenvalue weighted by molar-refractivity contribution is 7.89. The Labute approximate surface area is 187 Å². The molecule has 1 heterocycles. The number of Topliss-reactive ketones (excluding diaryl/α,β-unsaturated/α-hetero) is 1. The van der Waals surface area contributed by atoms with Crippen molar-refractivity contribution in [1.82, 2.24) is 9.62 Å². The molecule has 31 heavy (non-hydrogen) atoms. The first-order valence-corrected chi connectivity index (χ1v) is 11.9. The number of sulfonamides is 1. The van der Waals surface area contributed by atoms with Crippen LogP contribution in [0.4, 0.5) is 0 Å². The molecule has 3 rings (SSSR count). The number of ketones is 1. The molecule has 168 valence electrons. The zero-order valence-corrected chi connectivity index (χ0v) is 19.6. The summed E-state index contributed by atoms with van der Waals surface area (Å²) in [7, 11) is -2.41. The predicted molar refractivity (Wildman–Crippen MR) is 117 cm³/mol. The van der Waals surface area contributed by atoms with Gasteiger partial charge in [-0.15, -0.1) is 0 Å². The van der Waals surface area contributed by atoms with Gasteiger partial charge in [-0.3, -0.25) is 9.59 Å². The van der Waals surface area contributed by atoms with Crippen LogP contribution in [0, 0.1) is 0 Å². The average Bonchev–Trinajstić information content (AvgIpc) is 3.17. The third kappa shape index (κ3) is 4.56. The highest BCUT2D eigenvalue weighted by Gasteiger charge is 2.48. The lowest BCUT2D eigenvalue weighted by Gasteiger charge is -2.43. The normalized spacial score (nSPS) is 20.0. The fourth-order valence-electron chi connectivity index (χ4n) is 4.00. The molecule has 1 fully saturated rings. The molecule has 1 amide bonds. The topological polar surface area (TPSA) is 96.7 Å². The van der Waals surface area contributed by atoms with Gasteiger partial charge < -0.3 is 9.32 Å². The van der Waals surface area contributed by atoms with Gasteiger partial charge in [-0.1, -0.05) is 29.8 Å². The second kappa shape index (κ2) is 8.41. The molecule has 1 atom stereocenters. The zero-order valence-electron chi connectivity index (χ0n) is 18.1. The first kappa shape index (κ1) is 23.5. The molecule has 1 aromatic carbocycles. The van der Waals surface area contributed by atoms with Crippen LogP contribution in [0.1, 0.15) is 62.6 Å². The first-order valence-electron chi connectivity index (χ1n) is 10.1. The maximum absolute atomic E-state index is 13.3. The number of rotatable bonds is 5. The van der Waals surface area contributed by atoms with Crippen LogP contribution in [0.15, 0.2) is 45.9 Å². The van der Waals surface area contributed by atoms with Crippen molar-refractivity contribution < 1.29 is 22.4 Å². The highest BCUT2D eigenvalue weighted by atomic mass is 35.5. The van der Waals surface area contributed by atoms with E-state index in [1.165, 1.54) is 24.1 Å². The lowest BCUT2D eigenvalue weighted by Crippen LogP contribution is -2.54. The second-order valence-electron chi connectivity index (χ2n) is 8.81. The molecule has 0 radical (unpaired) electrons. The summed E-state index contributed by atoms with van der Waals surface area (Å²) in [6.07, 6.45) is 2.25. The van der Waals surface area contributed by atoms with E-state index in [1.54, 1.807) is 45.0 Å². The number of nitrogens with one attached hydrogen (secondary N) is 1. The van der Waals surface area contributed by atoms with Gasteiger partial charge in [0.15, 0.2) is 11.5 Å². The number of amides is 1. The Morgan fingerprint density at radius 3 is 2.45 bits per heavy atom. The number of hydrogen-bond acceptors (Lipinski definition) is 5. The van der Waals surface area contributed by atoms with Crippen molar-refractivity contribution in [2.24, 2.45) is 0 Å². The Balaban J connectivity index is 2.00. The van der Waals surface area contributed by atoms with Crippen molar-refractivity contribution in [3.8, 4) is 0 Å². The van der Waals surface area contributed by atoms with Gasteiger partial charge in [0.25, 0.3) is 15.9 Å². The SMILES string of the molecule is CN(C(=O)c1ccc(S(=O)(=O)NC(C)(C)C)o1)C1(c2ccccc2Cl)CCCCC1=O. The van der Waals surface area contributed by atoms with Gasteiger partial charge >= 0.3 is 0 Å². The Hall–Kier alpha value is -2.16. The number of carbonyl (C=O) groups excluding carboxylic acids is 2. The van der Waals surface area contributed by atoms with Crippen LogP contribution in [-0.4, -0.2) is 37.6 Å². The molecule has 0 aliphatic heterocycles. The molecular formula is C22H27ClN2O5S. The van der Waals surface area contributed by atoms with Gasteiger partial charge in [0.2, 0.25) is 5.09 Å². The van der Waals surface area contributed by atoms with Crippen molar-refractivity contribution in [3.63, 3.8) is 0 Å². The minimum Gasteiger partial charge on any atom is -0.438 e. The minimum atomic E-state index is -3.94. The molecule has 1 unspecified atom stereocenters. The maximum Gasteiger partial charge on any atom is 0.290 e. The molecule has 1 aliphatic rings. The Kier molecular flexibility index (Phi) is 6.37. The van der Waals surface area contributed by atoms with Crippen molar-refractivity contribution >= 4 is 33.3 Å². The zero-order chi connectivity index (χ0) is 23.0. The Morgan fingerprint density at radius 1 is 1.16 bits per heavy atom. The van der Waals surface area contributed by atoms with Crippen LogP contribution in [-0.2, 0) is 20.4 Å². The quantitative estimate of drug-likeness (QED) is 0.714. The molecule has 7 nitrogen and oxygen atoms in total. The fraction of sp³-hybridized carbons (Fsp3) is 0.455. The summed E-state index contributed by atoms with van der Waals surface area (Å²) in [4.78, 5) is 27.8. The summed E-state index contributed by atoms with van der Waals surface area (Å²) >= 11 is 6.43. The largest absolute Gasteiger partial charge is 0.438 e. The van der Waals surface area contributed by atoms with Gasteiger partial charge in [-0.05, 0) is 58.2 Å². The number of benzene rings is 1. The van der Waals surface area contributed by atoms with Gasteiger partial charge in [0.05, 0.1) is 0 Å². The summed E-state index contributed by atoms with van der Waals surface area (Å²) in [5, 5.41) is 0.0374. The fourth-order valence-corrected chi connectivity index (χ4v) is 5.65. The standard InChI is InChI=1S/C22H27ClN2O5S/c1-21(2,3)24-31(28,29)19-13-12-17(30-19)20(27)25(4)22(14-8-7-11-18(22)26)15-9-5-6-10-16(15)23/h5-6,9-10,12-13,24H,7-8,11,14H2,1-4H3. The van der Waals surface area contributed by atoms with Gasteiger partial charge in [0.1, 0.15) is 5.54 Å². The van der Waals surface area contributed by atoms with Gasteiger partial charge in [0, 0.05) is 29.6 Å². The van der Waals surface area contributed by atoms with Crippen LogP contribution in [0.25, 0.3) is 0 Å². The van der Waals surface area contributed by atoms with E-state index >= 15 is 0 Å². The number of furan rings is 1. The lowest BCUT2D eigenvalue weighted by molar-refractivity contribution is -0.132. The third-order valence-electron chi connectivity index (χ3n) is 5.35. The van der Waals surface area contributed by atoms with E-state index in [2.05, 4.69) is 4.72 Å². The molecular weight excluding hydrogens is 440 g/mol. The summed E-state index contributed by atoms with van der Waals surface area (Å²) < 4.78 is 33.0. The van der Waals surface area contributed by atoms with E-state index in [1.807, 2.05) is 0 Å². The molecule has 0 spiro atoms. The molecule has 1 aliphatic carbocycles. The van der Waals surface area contributed by atoms with Crippen LogP contribution in [0.5, 0.6) is 0 Å². The maximum atomic E-state index is 13.3. The van der Waals surface area contributed by atoms with Crippen LogP contribution < -0.4 is 4.72 Å². The molecule has 9 heteroatoms. The summed E-state index contributed by atoms with van der Waals surface area (Å²) in [5.74, 6) is -0.856. The summed E-state index contributed by atoms with van der Waals surface area (Å²) in [6.45, 7) is 5.11. The number of hydrogen-bond donors (Lipinski definition) is 1. The molecule has 1 N–H and O–H groups in total. The smallest absolute Gasteiger partial charge is 0.290 e. The number of carbonyl (C=O) groups is 2. The van der Waals surface area contributed by atoms with Crippen LogP contribution in [0.2, 0.25) is 5.02 Å². The third-order valence-corrected chi connectivity index (χ3v) is 7.31. The van der Waals surface area contributed by atoms with E-state index in [9.17, 15) is 18.0 Å². The van der Waals surface area contributed by atoms with E-state index in [0.717, 1.165) is 12.8 Å². The van der Waals surface area contributed by atoms with Gasteiger partial charge in [-0.2, -0.15) is 0 Å². The van der Waals surface area contributed by atoms with Crippen molar-refractivity contribution in [2.45, 2.75) is 62.6 Å². The van der Waals surface area contributed by atoms with E-state index in [4.69, 9.17) is 16.0 Å². The molecule has 2 aromatic rings. The van der Waals surface area contributed by atoms with Crippen molar-refractivity contribution in [1.29, 1.82) is 0 Å². The molecule has 1 aromatic heterocycles. The van der Waals surface area contributed by atoms with Crippen LogP contribution in [0.3, 0.4) is 0 Å². The van der Waals surface area contributed by atoms with Crippen LogP contribution >= 0.6 is 11.6 Å². The summed E-state index contributed by atoms with van der Waals surface area (Å²) in [6, 6.07) is 9.53. The Bertz CT molecular complexity index is 1100. The monoisotopic (exact) mass is 466 g/mol. The predicted octanol–water partition coefficient (Wildman–Crippen LogP) is 4.12. The number of halogens is 1. The first-order chi connectivity index (χ1) is 14.4. The minimum absolute atomic E-state index is 0.100. The van der Waals surface area contributed by atoms with E-state index in [0.29, 0.717) is 23.4 Å². The second-order valence-corrected chi connectivity index (χ2v) is 10.8. The molecule has 0 bridgehead atoms. The molecule has 1 saturated carbocycles. The van der Waals surface area contributed by atoms with Crippen molar-refractivity contribution in [3.05, 3.63) is 52.7 Å². The lowest BCUT2D eigenvalue weighted by atomic mass is 9.74. The molecule has 0 saturated heterocycles.